The maximum absolute atomic E-state index is 11.6. The van der Waals surface area contributed by atoms with E-state index >= 15 is 0 Å². The fraction of sp³-hybridized carbons (Fsp3) is 0.333. The van der Waals surface area contributed by atoms with Crippen LogP contribution in [0, 0.1) is 0 Å². The van der Waals surface area contributed by atoms with Crippen molar-refractivity contribution in [1.29, 1.82) is 0 Å². The van der Waals surface area contributed by atoms with Gasteiger partial charge in [0.15, 0.2) is 0 Å². The van der Waals surface area contributed by atoms with Gasteiger partial charge in [0.1, 0.15) is 12.4 Å². The van der Waals surface area contributed by atoms with Crippen LogP contribution < -0.4 is 0 Å². The molecule has 0 fully saturated rings. The number of carboxylic acid groups (broad SMARTS) is 1. The second-order valence-corrected chi connectivity index (χ2v) is 5.66. The van der Waals surface area contributed by atoms with Gasteiger partial charge in [-0.15, -0.1) is 0 Å². The fourth-order valence-electron chi connectivity index (χ4n) is 3.07. The van der Waals surface area contributed by atoms with Crippen LogP contribution in [0.1, 0.15) is 38.4 Å². The summed E-state index contributed by atoms with van der Waals surface area (Å²) in [5.41, 5.74) is 2.61. The van der Waals surface area contributed by atoms with Crippen molar-refractivity contribution in [1.82, 2.24) is 4.98 Å². The number of hydrogen-bond acceptors (Lipinski definition) is 7. The smallest absolute Gasteiger partial charge is 0.352 e. The normalized spacial score (nSPS) is 11.4. The molecule has 0 radical (unpaired) electrons. The van der Waals surface area contributed by atoms with Gasteiger partial charge in [-0.05, 0) is 22.3 Å². The second kappa shape index (κ2) is 9.40. The molecule has 2 rings (SSSR count). The average Bonchev–Trinajstić information content (AvgIpc) is 3.03. The van der Waals surface area contributed by atoms with E-state index in [4.69, 9.17) is 9.84 Å². The highest BCUT2D eigenvalue weighted by Gasteiger charge is 2.25. The Labute approximate surface area is 155 Å². The molecule has 0 spiro atoms. The van der Waals surface area contributed by atoms with Crippen molar-refractivity contribution >= 4 is 12.2 Å². The average molecular weight is 378 g/mol. The van der Waals surface area contributed by atoms with Gasteiger partial charge >= 0.3 is 5.97 Å². The van der Waals surface area contributed by atoms with E-state index in [9.17, 15) is 25.2 Å². The summed E-state index contributed by atoms with van der Waals surface area (Å²) < 4.78 is 5.14. The quantitative estimate of drug-likeness (QED) is 0.344. The molecule has 2 aromatic rings. The van der Waals surface area contributed by atoms with Crippen molar-refractivity contribution in [2.75, 3.05) is 13.8 Å². The number of methoxy groups -OCH3 is 1. The molecule has 0 saturated carbocycles. The van der Waals surface area contributed by atoms with E-state index in [0.717, 1.165) is 0 Å². The Hall–Kier alpha value is -2.56. The topological polar surface area (TPSA) is 156 Å². The molecule has 27 heavy (non-hydrogen) atoms. The van der Waals surface area contributed by atoms with Crippen LogP contribution in [0.25, 0.3) is 11.1 Å². The van der Waals surface area contributed by atoms with Crippen molar-refractivity contribution in [2.24, 2.45) is 4.99 Å². The zero-order valence-corrected chi connectivity index (χ0v) is 14.8. The van der Waals surface area contributed by atoms with Gasteiger partial charge in [-0.25, -0.2) is 4.79 Å². The molecule has 0 aliphatic rings. The third-order valence-corrected chi connectivity index (χ3v) is 4.22. The van der Waals surface area contributed by atoms with Crippen LogP contribution in [-0.4, -0.2) is 56.5 Å². The summed E-state index contributed by atoms with van der Waals surface area (Å²) in [6.45, 7) is -1.67. The number of aromatic carboxylic acids is 1. The number of aliphatic imine (C=N–C) groups is 1. The lowest BCUT2D eigenvalue weighted by Gasteiger charge is -2.16. The van der Waals surface area contributed by atoms with E-state index in [1.807, 2.05) is 0 Å². The van der Waals surface area contributed by atoms with Crippen LogP contribution in [0.5, 0.6) is 0 Å². The van der Waals surface area contributed by atoms with E-state index < -0.39 is 25.9 Å². The molecule has 1 aromatic carbocycles. The molecule has 0 saturated heterocycles. The molecule has 1 aromatic heterocycles. The van der Waals surface area contributed by atoms with E-state index in [2.05, 4.69) is 9.98 Å². The van der Waals surface area contributed by atoms with Crippen molar-refractivity contribution in [3.63, 3.8) is 0 Å². The highest BCUT2D eigenvalue weighted by molar-refractivity contribution is 5.98. The van der Waals surface area contributed by atoms with E-state index in [1.54, 1.807) is 12.1 Å². The third-order valence-electron chi connectivity index (χ3n) is 4.22. The van der Waals surface area contributed by atoms with Crippen LogP contribution in [0.2, 0.25) is 0 Å². The minimum absolute atomic E-state index is 0.0263. The molecular weight excluding hydrogens is 356 g/mol. The second-order valence-electron chi connectivity index (χ2n) is 5.66. The highest BCUT2D eigenvalue weighted by Crippen LogP contribution is 2.35. The molecule has 0 bridgehead atoms. The lowest BCUT2D eigenvalue weighted by Crippen LogP contribution is -2.06. The molecule has 0 atom stereocenters. The number of nitrogens with one attached hydrogen (secondary N) is 1. The first-order valence-electron chi connectivity index (χ1n) is 8.08. The third kappa shape index (κ3) is 4.07. The number of H-pyrrole nitrogens is 1. The molecule has 0 unspecified atom stereocenters. The van der Waals surface area contributed by atoms with Gasteiger partial charge in [0, 0.05) is 24.5 Å². The molecule has 0 aliphatic heterocycles. The minimum atomic E-state index is -1.20. The van der Waals surface area contributed by atoms with Gasteiger partial charge < -0.3 is 35.3 Å². The van der Waals surface area contributed by atoms with Crippen LogP contribution in [0.4, 0.5) is 0 Å². The predicted molar refractivity (Wildman–Crippen MR) is 96.3 cm³/mol. The first-order valence-corrected chi connectivity index (χ1v) is 8.08. The first-order chi connectivity index (χ1) is 13.0. The van der Waals surface area contributed by atoms with Gasteiger partial charge in [0.25, 0.3) is 0 Å². The summed E-state index contributed by atoms with van der Waals surface area (Å²) in [5, 5.41) is 47.5. The van der Waals surface area contributed by atoms with Crippen LogP contribution in [-0.2, 0) is 31.2 Å². The van der Waals surface area contributed by atoms with Gasteiger partial charge in [-0.1, -0.05) is 12.1 Å². The molecule has 146 valence electrons. The summed E-state index contributed by atoms with van der Waals surface area (Å²) in [4.78, 5) is 18.1. The molecule has 1 heterocycles. The summed E-state index contributed by atoms with van der Waals surface area (Å²) in [6, 6.07) is 3.22. The summed E-state index contributed by atoms with van der Waals surface area (Å²) in [6.07, 6.45) is 1.29. The predicted octanol–water partition coefficient (Wildman–Crippen LogP) is 0.372. The van der Waals surface area contributed by atoms with E-state index in [0.29, 0.717) is 39.1 Å². The largest absolute Gasteiger partial charge is 0.477 e. The summed E-state index contributed by atoms with van der Waals surface area (Å²) in [5.74, 6) is -1.20. The van der Waals surface area contributed by atoms with Crippen LogP contribution >= 0.6 is 0 Å². The Morgan fingerprint density at radius 1 is 1.11 bits per heavy atom. The van der Waals surface area contributed by atoms with Crippen molar-refractivity contribution < 1.29 is 35.1 Å². The van der Waals surface area contributed by atoms with Gasteiger partial charge in [0.2, 0.25) is 0 Å². The maximum atomic E-state index is 11.6. The monoisotopic (exact) mass is 378 g/mol. The number of nitrogens with zero attached hydrogens (tertiary/aromatic N) is 1. The minimum Gasteiger partial charge on any atom is -0.477 e. The number of aromatic nitrogens is 1. The molecule has 0 aliphatic carbocycles. The van der Waals surface area contributed by atoms with Crippen LogP contribution in [0.15, 0.2) is 17.1 Å². The van der Waals surface area contributed by atoms with Gasteiger partial charge in [-0.2, -0.15) is 0 Å². The number of aromatic amines is 1. The highest BCUT2D eigenvalue weighted by atomic mass is 16.5. The Bertz CT molecular complexity index is 843. The number of rotatable bonds is 9. The standard InChI is InChI=1S/C18H22N2O7/c1-27-8-14-16(15(4-19-9-24)20-17(14)18(25)26)11-3-2-10(5-21)12(6-22)13(11)7-23/h2-4,20-24H,5-9H2,1H3,(H,25,26). The SMILES string of the molecule is COCc1c(C(=O)O)[nH]c(C=NCO)c1-c1ccc(CO)c(CO)c1CO. The number of carbonyl (C=O) groups is 1. The summed E-state index contributed by atoms with van der Waals surface area (Å²) >= 11 is 0. The number of aliphatic hydroxyl groups is 4. The Kier molecular flexibility index (Phi) is 7.22. The summed E-state index contributed by atoms with van der Waals surface area (Å²) in [7, 11) is 1.42. The van der Waals surface area contributed by atoms with Gasteiger partial charge in [0.05, 0.1) is 32.1 Å². The van der Waals surface area contributed by atoms with Gasteiger partial charge in [-0.3, -0.25) is 4.99 Å². The number of carboxylic acids is 1. The number of hydrogen-bond donors (Lipinski definition) is 6. The van der Waals surface area contributed by atoms with Crippen LogP contribution in [0.3, 0.4) is 0 Å². The number of ether oxygens (including phenoxy) is 1. The van der Waals surface area contributed by atoms with E-state index in [1.165, 1.54) is 13.3 Å². The first kappa shape index (κ1) is 20.7. The Balaban J connectivity index is 2.87. The van der Waals surface area contributed by atoms with Crippen molar-refractivity contribution in [3.8, 4) is 11.1 Å². The lowest BCUT2D eigenvalue weighted by molar-refractivity contribution is 0.0686. The molecule has 6 N–H and O–H groups in total. The number of benzene rings is 1. The lowest BCUT2D eigenvalue weighted by atomic mass is 9.90. The zero-order chi connectivity index (χ0) is 20.0. The van der Waals surface area contributed by atoms with Crippen molar-refractivity contribution in [3.05, 3.63) is 45.8 Å². The molecule has 0 amide bonds. The zero-order valence-electron chi connectivity index (χ0n) is 14.8. The number of aliphatic hydroxyl groups excluding tert-OH is 4. The van der Waals surface area contributed by atoms with Crippen molar-refractivity contribution in [2.45, 2.75) is 26.4 Å². The Morgan fingerprint density at radius 3 is 2.33 bits per heavy atom. The maximum Gasteiger partial charge on any atom is 0.352 e. The Morgan fingerprint density at radius 2 is 1.81 bits per heavy atom. The molecule has 9 nitrogen and oxygen atoms in total. The fourth-order valence-corrected chi connectivity index (χ4v) is 3.07. The molecular formula is C18H22N2O7. The molecule has 9 heteroatoms. The van der Waals surface area contributed by atoms with E-state index in [-0.39, 0.29) is 18.9 Å².